The topological polar surface area (TPSA) is 57.7 Å². The van der Waals surface area contributed by atoms with Gasteiger partial charge in [-0.1, -0.05) is 58.4 Å². The third kappa shape index (κ3) is 3.57. The first-order valence-electron chi connectivity index (χ1n) is 8.99. The number of amides is 1. The fraction of sp³-hybridized carbons (Fsp3) is 0.190. The van der Waals surface area contributed by atoms with Gasteiger partial charge in [-0.25, -0.2) is 8.42 Å². The zero-order valence-electron chi connectivity index (χ0n) is 15.1. The lowest BCUT2D eigenvalue weighted by Crippen LogP contribution is -2.50. The van der Waals surface area contributed by atoms with Gasteiger partial charge in [-0.05, 0) is 35.0 Å². The lowest BCUT2D eigenvalue weighted by Gasteiger charge is -2.34. The number of halogens is 1. The molecule has 1 saturated heterocycles. The van der Waals surface area contributed by atoms with Crippen molar-refractivity contribution >= 4 is 42.6 Å². The summed E-state index contributed by atoms with van der Waals surface area (Å²) in [7, 11) is -3.57. The molecular formula is C21H19BrN2O3S. The number of piperazine rings is 1. The standard InChI is InChI=1S/C21H19BrN2O3S/c22-17-7-4-8-18(15-17)28(26,27)24-13-11-23(12-14-24)21(25)20-10-3-6-16-5-1-2-9-19(16)20/h1-10,15H,11-14H2. The van der Waals surface area contributed by atoms with Gasteiger partial charge in [0.15, 0.2) is 0 Å². The smallest absolute Gasteiger partial charge is 0.254 e. The Kier molecular flexibility index (Phi) is 5.23. The van der Waals surface area contributed by atoms with Crippen molar-refractivity contribution in [3.8, 4) is 0 Å². The number of sulfonamides is 1. The molecule has 1 aliphatic heterocycles. The van der Waals surface area contributed by atoms with Crippen LogP contribution in [0.1, 0.15) is 10.4 Å². The Morgan fingerprint density at radius 1 is 0.857 bits per heavy atom. The quantitative estimate of drug-likeness (QED) is 0.600. The SMILES string of the molecule is O=C(c1cccc2ccccc12)N1CCN(S(=O)(=O)c2cccc(Br)c2)CC1. The Labute approximate surface area is 172 Å². The fourth-order valence-corrected chi connectivity index (χ4v) is 5.51. The van der Waals surface area contributed by atoms with E-state index < -0.39 is 10.0 Å². The van der Waals surface area contributed by atoms with Crippen LogP contribution in [0.3, 0.4) is 0 Å². The maximum atomic E-state index is 13.0. The Morgan fingerprint density at radius 2 is 1.54 bits per heavy atom. The van der Waals surface area contributed by atoms with Crippen LogP contribution in [-0.2, 0) is 10.0 Å². The minimum absolute atomic E-state index is 0.0590. The van der Waals surface area contributed by atoms with E-state index in [-0.39, 0.29) is 23.9 Å². The summed E-state index contributed by atoms with van der Waals surface area (Å²) in [5, 5.41) is 1.93. The molecule has 1 fully saturated rings. The van der Waals surface area contributed by atoms with E-state index in [9.17, 15) is 13.2 Å². The van der Waals surface area contributed by atoms with E-state index in [0.29, 0.717) is 18.7 Å². The van der Waals surface area contributed by atoms with Crippen molar-refractivity contribution in [2.45, 2.75) is 4.90 Å². The Bertz CT molecular complexity index is 1130. The molecule has 28 heavy (non-hydrogen) atoms. The number of fused-ring (bicyclic) bond motifs is 1. The van der Waals surface area contributed by atoms with Crippen molar-refractivity contribution in [2.24, 2.45) is 0 Å². The van der Waals surface area contributed by atoms with Gasteiger partial charge in [0.1, 0.15) is 0 Å². The van der Waals surface area contributed by atoms with Crippen LogP contribution in [0.5, 0.6) is 0 Å². The largest absolute Gasteiger partial charge is 0.336 e. The summed E-state index contributed by atoms with van der Waals surface area (Å²) in [6.07, 6.45) is 0. The molecule has 0 N–H and O–H groups in total. The summed E-state index contributed by atoms with van der Waals surface area (Å²) in [6, 6.07) is 20.2. The Balaban J connectivity index is 1.52. The summed E-state index contributed by atoms with van der Waals surface area (Å²) in [4.78, 5) is 15.0. The van der Waals surface area contributed by atoms with Crippen LogP contribution in [-0.4, -0.2) is 49.7 Å². The van der Waals surface area contributed by atoms with Crippen LogP contribution in [0.25, 0.3) is 10.8 Å². The molecule has 0 saturated carbocycles. The van der Waals surface area contributed by atoms with Crippen LogP contribution in [0.2, 0.25) is 0 Å². The van der Waals surface area contributed by atoms with E-state index in [1.165, 1.54) is 4.31 Å². The molecule has 144 valence electrons. The maximum Gasteiger partial charge on any atom is 0.254 e. The summed E-state index contributed by atoms with van der Waals surface area (Å²) in [6.45, 7) is 1.31. The van der Waals surface area contributed by atoms with Gasteiger partial charge in [-0.15, -0.1) is 0 Å². The zero-order valence-corrected chi connectivity index (χ0v) is 17.5. The molecule has 0 bridgehead atoms. The van der Waals surface area contributed by atoms with Crippen molar-refractivity contribution in [3.05, 3.63) is 76.8 Å². The second kappa shape index (κ2) is 7.66. The van der Waals surface area contributed by atoms with Crippen LogP contribution in [0, 0.1) is 0 Å². The van der Waals surface area contributed by atoms with Crippen LogP contribution >= 0.6 is 15.9 Å². The van der Waals surface area contributed by atoms with E-state index in [1.54, 1.807) is 29.2 Å². The highest BCUT2D eigenvalue weighted by atomic mass is 79.9. The van der Waals surface area contributed by atoms with E-state index in [4.69, 9.17) is 0 Å². The average molecular weight is 459 g/mol. The van der Waals surface area contributed by atoms with E-state index in [2.05, 4.69) is 15.9 Å². The summed E-state index contributed by atoms with van der Waals surface area (Å²) >= 11 is 3.32. The molecule has 3 aromatic carbocycles. The molecule has 3 aromatic rings. The average Bonchev–Trinajstić information content (AvgIpc) is 2.73. The third-order valence-electron chi connectivity index (χ3n) is 4.98. The van der Waals surface area contributed by atoms with E-state index in [1.807, 2.05) is 42.5 Å². The molecule has 1 aliphatic rings. The van der Waals surface area contributed by atoms with Gasteiger partial charge in [-0.2, -0.15) is 4.31 Å². The normalized spacial score (nSPS) is 15.7. The van der Waals surface area contributed by atoms with Gasteiger partial charge >= 0.3 is 0 Å². The molecule has 5 nitrogen and oxygen atoms in total. The zero-order chi connectivity index (χ0) is 19.7. The molecule has 0 atom stereocenters. The fourth-order valence-electron chi connectivity index (χ4n) is 3.49. The molecule has 1 amide bonds. The van der Waals surface area contributed by atoms with Gasteiger partial charge in [-0.3, -0.25) is 4.79 Å². The number of nitrogens with zero attached hydrogens (tertiary/aromatic N) is 2. The number of hydrogen-bond acceptors (Lipinski definition) is 3. The van der Waals surface area contributed by atoms with Gasteiger partial charge in [0.05, 0.1) is 4.90 Å². The lowest BCUT2D eigenvalue weighted by atomic mass is 10.0. The molecule has 0 aromatic heterocycles. The van der Waals surface area contributed by atoms with Gasteiger partial charge in [0.2, 0.25) is 10.0 Å². The highest BCUT2D eigenvalue weighted by Crippen LogP contribution is 2.23. The second-order valence-electron chi connectivity index (χ2n) is 6.68. The predicted molar refractivity (Wildman–Crippen MR) is 113 cm³/mol. The van der Waals surface area contributed by atoms with E-state index in [0.717, 1.165) is 15.2 Å². The highest BCUT2D eigenvalue weighted by Gasteiger charge is 2.30. The summed E-state index contributed by atoms with van der Waals surface area (Å²) < 4.78 is 27.9. The Morgan fingerprint density at radius 3 is 2.29 bits per heavy atom. The number of hydrogen-bond donors (Lipinski definition) is 0. The molecule has 0 spiro atoms. The lowest BCUT2D eigenvalue weighted by molar-refractivity contribution is 0.0700. The molecule has 0 radical (unpaired) electrons. The molecule has 7 heteroatoms. The third-order valence-corrected chi connectivity index (χ3v) is 7.37. The van der Waals surface area contributed by atoms with Crippen LogP contribution in [0.4, 0.5) is 0 Å². The van der Waals surface area contributed by atoms with Crippen molar-refractivity contribution < 1.29 is 13.2 Å². The van der Waals surface area contributed by atoms with Gasteiger partial charge in [0, 0.05) is 36.2 Å². The predicted octanol–water partition coefficient (Wildman–Crippen LogP) is 3.75. The van der Waals surface area contributed by atoms with Crippen molar-refractivity contribution in [3.63, 3.8) is 0 Å². The van der Waals surface area contributed by atoms with Gasteiger partial charge < -0.3 is 4.90 Å². The monoisotopic (exact) mass is 458 g/mol. The van der Waals surface area contributed by atoms with Crippen molar-refractivity contribution in [1.82, 2.24) is 9.21 Å². The second-order valence-corrected chi connectivity index (χ2v) is 9.53. The molecule has 0 unspecified atom stereocenters. The molecular weight excluding hydrogens is 440 g/mol. The maximum absolute atomic E-state index is 13.0. The highest BCUT2D eigenvalue weighted by molar-refractivity contribution is 9.10. The molecule has 0 aliphatic carbocycles. The van der Waals surface area contributed by atoms with E-state index >= 15 is 0 Å². The Hall–Kier alpha value is -2.22. The van der Waals surface area contributed by atoms with Gasteiger partial charge in [0.25, 0.3) is 5.91 Å². The molecule has 4 rings (SSSR count). The minimum atomic E-state index is -3.57. The van der Waals surface area contributed by atoms with Crippen LogP contribution in [0.15, 0.2) is 76.1 Å². The number of rotatable bonds is 3. The number of benzene rings is 3. The number of carbonyl (C=O) groups excluding carboxylic acids is 1. The molecule has 1 heterocycles. The van der Waals surface area contributed by atoms with Crippen LogP contribution < -0.4 is 0 Å². The first kappa shape index (κ1) is 19.1. The summed E-state index contributed by atoms with van der Waals surface area (Å²) in [5.74, 6) is -0.0590. The summed E-state index contributed by atoms with van der Waals surface area (Å²) in [5.41, 5.74) is 0.654. The van der Waals surface area contributed by atoms with Crippen molar-refractivity contribution in [2.75, 3.05) is 26.2 Å². The minimum Gasteiger partial charge on any atom is -0.336 e. The number of carbonyl (C=O) groups is 1. The van der Waals surface area contributed by atoms with Crippen molar-refractivity contribution in [1.29, 1.82) is 0 Å². The first-order chi connectivity index (χ1) is 13.5. The first-order valence-corrected chi connectivity index (χ1v) is 11.2.